The molecule has 2 rings (SSSR count). The van der Waals surface area contributed by atoms with Crippen LogP contribution in [-0.4, -0.2) is 0 Å². The van der Waals surface area contributed by atoms with Crippen molar-refractivity contribution in [1.82, 2.24) is 0 Å². The molecule has 2 aromatic rings. The lowest BCUT2D eigenvalue weighted by molar-refractivity contribution is 1.52. The Morgan fingerprint density at radius 1 is 1.46 bits per heavy atom. The molecule has 0 aliphatic carbocycles. The minimum Gasteiger partial charge on any atom is -0.192 e. The first-order chi connectivity index (χ1) is 6.24. The fraction of sp³-hybridized carbons (Fsp3) is 0. The van der Waals surface area contributed by atoms with Crippen molar-refractivity contribution in [3.05, 3.63) is 32.6 Å². The number of benzene rings is 1. The number of hydrogen-bond donors (Lipinski definition) is 0. The molecule has 64 valence electrons. The van der Waals surface area contributed by atoms with Crippen molar-refractivity contribution in [2.45, 2.75) is 0 Å². The maximum atomic E-state index is 8.82. The van der Waals surface area contributed by atoms with Crippen molar-refractivity contribution < 1.29 is 0 Å². The summed E-state index contributed by atoms with van der Waals surface area (Å²) in [5, 5.41) is 12.1. The van der Waals surface area contributed by atoms with Crippen molar-refractivity contribution in [3.8, 4) is 6.07 Å². The van der Waals surface area contributed by atoms with E-state index in [0.717, 1.165) is 14.6 Å². The molecule has 0 aliphatic heterocycles. The predicted octanol–water partition coefficient (Wildman–Crippen LogP) is 4.19. The summed E-state index contributed by atoms with van der Waals surface area (Å²) in [5.74, 6) is 0. The monoisotopic (exact) mass is 271 g/mol. The van der Waals surface area contributed by atoms with E-state index in [-0.39, 0.29) is 0 Å². The average Bonchev–Trinajstić information content (AvgIpc) is 2.55. The Morgan fingerprint density at radius 2 is 2.23 bits per heavy atom. The Balaban J connectivity index is 2.95. The van der Waals surface area contributed by atoms with E-state index in [4.69, 9.17) is 16.9 Å². The Kier molecular flexibility index (Phi) is 2.29. The third kappa shape index (κ3) is 1.35. The summed E-state index contributed by atoms with van der Waals surface area (Å²) in [7, 11) is 0. The van der Waals surface area contributed by atoms with Crippen LogP contribution in [-0.2, 0) is 0 Å². The summed E-state index contributed by atoms with van der Waals surface area (Å²) in [6.07, 6.45) is 0. The number of thiophene rings is 1. The van der Waals surface area contributed by atoms with Gasteiger partial charge >= 0.3 is 0 Å². The van der Waals surface area contributed by atoms with Crippen molar-refractivity contribution >= 4 is 49.0 Å². The van der Waals surface area contributed by atoms with E-state index in [1.54, 1.807) is 0 Å². The molecule has 0 N–H and O–H groups in total. The van der Waals surface area contributed by atoms with Crippen LogP contribution in [0.2, 0.25) is 5.02 Å². The average molecular weight is 273 g/mol. The van der Waals surface area contributed by atoms with Crippen LogP contribution in [0, 0.1) is 11.3 Å². The second-order valence-electron chi connectivity index (χ2n) is 2.50. The molecular weight excluding hydrogens is 270 g/mol. The molecule has 1 nitrogen and oxygen atoms in total. The summed E-state index contributed by atoms with van der Waals surface area (Å²) >= 11 is 10.9. The summed E-state index contributed by atoms with van der Waals surface area (Å²) in [6.45, 7) is 0. The number of rotatable bonds is 0. The van der Waals surface area contributed by atoms with Gasteiger partial charge in [-0.2, -0.15) is 5.26 Å². The van der Waals surface area contributed by atoms with Crippen molar-refractivity contribution in [1.29, 1.82) is 5.26 Å². The van der Waals surface area contributed by atoms with E-state index >= 15 is 0 Å². The smallest absolute Gasteiger partial charge is 0.101 e. The van der Waals surface area contributed by atoms with Gasteiger partial charge in [0.2, 0.25) is 0 Å². The second kappa shape index (κ2) is 3.30. The van der Waals surface area contributed by atoms with Gasteiger partial charge in [0.25, 0.3) is 0 Å². The molecule has 0 radical (unpaired) electrons. The zero-order valence-corrected chi connectivity index (χ0v) is 9.50. The first-order valence-electron chi connectivity index (χ1n) is 3.49. The minimum absolute atomic E-state index is 0.621. The zero-order valence-electron chi connectivity index (χ0n) is 6.34. The van der Waals surface area contributed by atoms with Gasteiger partial charge in [-0.25, -0.2) is 0 Å². The van der Waals surface area contributed by atoms with Gasteiger partial charge in [-0.15, -0.1) is 11.3 Å². The Morgan fingerprint density at radius 3 is 2.92 bits per heavy atom. The van der Waals surface area contributed by atoms with Gasteiger partial charge in [-0.3, -0.25) is 0 Å². The molecule has 1 aromatic carbocycles. The largest absolute Gasteiger partial charge is 0.192 e. The van der Waals surface area contributed by atoms with Crippen LogP contribution in [0.15, 0.2) is 22.0 Å². The molecule has 0 amide bonds. The van der Waals surface area contributed by atoms with E-state index in [0.29, 0.717) is 10.6 Å². The number of fused-ring (bicyclic) bond motifs is 1. The first-order valence-corrected chi connectivity index (χ1v) is 5.54. The fourth-order valence-corrected chi connectivity index (χ4v) is 2.69. The lowest BCUT2D eigenvalue weighted by Gasteiger charge is -1.97. The Labute approximate surface area is 92.7 Å². The van der Waals surface area contributed by atoms with Crippen LogP contribution in [0.1, 0.15) is 5.56 Å². The van der Waals surface area contributed by atoms with Crippen LogP contribution < -0.4 is 0 Å². The molecule has 1 heterocycles. The van der Waals surface area contributed by atoms with Crippen molar-refractivity contribution in [3.63, 3.8) is 0 Å². The van der Waals surface area contributed by atoms with Crippen LogP contribution in [0.3, 0.4) is 0 Å². The highest BCUT2D eigenvalue weighted by atomic mass is 79.9. The maximum absolute atomic E-state index is 8.82. The van der Waals surface area contributed by atoms with E-state index < -0.39 is 0 Å². The van der Waals surface area contributed by atoms with Crippen LogP contribution in [0.5, 0.6) is 0 Å². The molecule has 1 aromatic heterocycles. The van der Waals surface area contributed by atoms with Crippen LogP contribution in [0.4, 0.5) is 0 Å². The highest BCUT2D eigenvalue weighted by Crippen LogP contribution is 2.36. The maximum Gasteiger partial charge on any atom is 0.101 e. The third-order valence-corrected chi connectivity index (χ3v) is 3.98. The van der Waals surface area contributed by atoms with E-state index in [1.807, 2.05) is 17.5 Å². The predicted molar refractivity (Wildman–Crippen MR) is 59.3 cm³/mol. The number of halogens is 2. The quantitative estimate of drug-likeness (QED) is 0.705. The van der Waals surface area contributed by atoms with Gasteiger partial charge < -0.3 is 0 Å². The van der Waals surface area contributed by atoms with Crippen molar-refractivity contribution in [2.24, 2.45) is 0 Å². The lowest BCUT2D eigenvalue weighted by atomic mass is 10.2. The molecule has 0 bridgehead atoms. The summed E-state index contributed by atoms with van der Waals surface area (Å²) in [4.78, 5) is 0. The zero-order chi connectivity index (χ0) is 9.42. The van der Waals surface area contributed by atoms with Crippen LogP contribution in [0.25, 0.3) is 10.1 Å². The molecule has 0 fully saturated rings. The van der Waals surface area contributed by atoms with E-state index in [9.17, 15) is 0 Å². The molecular formula is C9H3BrClNS. The van der Waals surface area contributed by atoms with Crippen LogP contribution >= 0.6 is 38.9 Å². The van der Waals surface area contributed by atoms with Gasteiger partial charge in [-0.05, 0) is 28.1 Å². The third-order valence-electron chi connectivity index (χ3n) is 1.75. The molecule has 4 heteroatoms. The molecule has 0 spiro atoms. The van der Waals surface area contributed by atoms with Gasteiger partial charge in [0, 0.05) is 19.9 Å². The topological polar surface area (TPSA) is 23.8 Å². The molecule has 0 atom stereocenters. The summed E-state index contributed by atoms with van der Waals surface area (Å²) < 4.78 is 1.88. The van der Waals surface area contributed by atoms with E-state index in [1.165, 1.54) is 11.3 Å². The Bertz CT molecular complexity index is 512. The fourth-order valence-electron chi connectivity index (χ4n) is 1.15. The highest BCUT2D eigenvalue weighted by molar-refractivity contribution is 9.10. The van der Waals surface area contributed by atoms with Gasteiger partial charge in [0.15, 0.2) is 0 Å². The number of hydrogen-bond acceptors (Lipinski definition) is 2. The Hall–Kier alpha value is -0.560. The number of nitriles is 1. The summed E-state index contributed by atoms with van der Waals surface area (Å²) in [5.41, 5.74) is 0.645. The molecule has 13 heavy (non-hydrogen) atoms. The second-order valence-corrected chi connectivity index (χ2v) is 4.64. The standard InChI is InChI=1S/C9H3BrClNS/c10-6-1-2-7-8(9(6)11)5(3-12)4-13-7/h1-2,4H. The normalized spacial score (nSPS) is 10.2. The van der Waals surface area contributed by atoms with E-state index in [2.05, 4.69) is 22.0 Å². The summed E-state index contributed by atoms with van der Waals surface area (Å²) in [6, 6.07) is 5.97. The van der Waals surface area contributed by atoms with Gasteiger partial charge in [0.1, 0.15) is 6.07 Å². The van der Waals surface area contributed by atoms with Gasteiger partial charge in [-0.1, -0.05) is 11.6 Å². The molecule has 0 aliphatic rings. The molecule has 0 saturated carbocycles. The van der Waals surface area contributed by atoms with Crippen molar-refractivity contribution in [2.75, 3.05) is 0 Å². The minimum atomic E-state index is 0.621. The lowest BCUT2D eigenvalue weighted by Crippen LogP contribution is -1.73. The molecule has 0 unspecified atom stereocenters. The highest BCUT2D eigenvalue weighted by Gasteiger charge is 2.09. The number of nitrogens with zero attached hydrogens (tertiary/aromatic N) is 1. The SMILES string of the molecule is N#Cc1csc2ccc(Br)c(Cl)c12. The first kappa shape index (κ1) is 9.01. The molecule has 0 saturated heterocycles. The van der Waals surface area contributed by atoms with Gasteiger partial charge in [0.05, 0.1) is 10.6 Å².